The summed E-state index contributed by atoms with van der Waals surface area (Å²) in [7, 11) is 2.00. The van der Waals surface area contributed by atoms with Crippen molar-refractivity contribution in [3.05, 3.63) is 88.0 Å². The number of carbonyl (C=O) groups is 1. The summed E-state index contributed by atoms with van der Waals surface area (Å²) < 4.78 is 11.3. The van der Waals surface area contributed by atoms with E-state index in [1.165, 1.54) is 0 Å². The number of rotatable bonds is 5. The third-order valence-corrected chi connectivity index (χ3v) is 7.96. The third-order valence-electron chi connectivity index (χ3n) is 7.14. The summed E-state index contributed by atoms with van der Waals surface area (Å²) in [6.07, 6.45) is 2.36. The Bertz CT molecular complexity index is 1510. The average molecular weight is 534 g/mol. The molecular weight excluding hydrogens is 509 g/mol. The lowest BCUT2D eigenvalue weighted by Gasteiger charge is -2.37. The van der Waals surface area contributed by atoms with Crippen LogP contribution in [0.1, 0.15) is 28.4 Å². The van der Waals surface area contributed by atoms with Gasteiger partial charge in [0.1, 0.15) is 5.75 Å². The molecule has 3 aromatic carbocycles. The van der Waals surface area contributed by atoms with E-state index in [4.69, 9.17) is 37.7 Å². The first-order valence-corrected chi connectivity index (χ1v) is 13.0. The lowest BCUT2D eigenvalue weighted by Crippen LogP contribution is -2.48. The van der Waals surface area contributed by atoms with E-state index in [1.54, 1.807) is 12.3 Å². The van der Waals surface area contributed by atoms with Crippen molar-refractivity contribution in [1.82, 2.24) is 10.3 Å². The summed E-state index contributed by atoms with van der Waals surface area (Å²) in [4.78, 5) is 20.7. The number of halogens is 2. The van der Waals surface area contributed by atoms with E-state index in [2.05, 4.69) is 10.2 Å². The van der Waals surface area contributed by atoms with Gasteiger partial charge in [-0.2, -0.15) is 0 Å². The van der Waals surface area contributed by atoms with Gasteiger partial charge in [-0.1, -0.05) is 71.7 Å². The number of aromatic nitrogens is 1. The van der Waals surface area contributed by atoms with Crippen molar-refractivity contribution in [3.8, 4) is 16.9 Å². The van der Waals surface area contributed by atoms with Crippen LogP contribution in [0.3, 0.4) is 0 Å². The Morgan fingerprint density at radius 1 is 1.03 bits per heavy atom. The van der Waals surface area contributed by atoms with Crippen molar-refractivity contribution in [2.75, 3.05) is 31.8 Å². The van der Waals surface area contributed by atoms with Crippen molar-refractivity contribution in [3.63, 3.8) is 0 Å². The maximum absolute atomic E-state index is 13.8. The van der Waals surface area contributed by atoms with E-state index in [-0.39, 0.29) is 18.0 Å². The molecule has 4 aromatic rings. The number of pyridine rings is 1. The number of hydrogen-bond acceptors (Lipinski definition) is 5. The first-order chi connectivity index (χ1) is 18.0. The molecule has 1 amide bonds. The van der Waals surface area contributed by atoms with Gasteiger partial charge in [-0.05, 0) is 12.1 Å². The Morgan fingerprint density at radius 2 is 1.81 bits per heavy atom. The maximum Gasteiger partial charge on any atom is 0.255 e. The van der Waals surface area contributed by atoms with Crippen molar-refractivity contribution in [2.45, 2.75) is 18.5 Å². The molecule has 0 aliphatic carbocycles. The standard InChI is InChI=1S/C29H25Cl2N3O3/c1-34(17-15-36-16-17)28-21-9-4-8-19(18-7-5-10-23(30)26(18)31)27(21)32-14-22(28)29(35)33-24-12-13-37-25-11-3-2-6-20(24)25/h2-11,14,17,24H,12-13,15-16H2,1H3,(H,33,35)/t24-/m0/s1. The van der Waals surface area contributed by atoms with Crippen LogP contribution in [-0.2, 0) is 4.74 Å². The molecular formula is C29H25Cl2N3O3. The molecule has 37 heavy (non-hydrogen) atoms. The number of amides is 1. The van der Waals surface area contributed by atoms with Crippen LogP contribution in [0.5, 0.6) is 5.75 Å². The second-order valence-electron chi connectivity index (χ2n) is 9.33. The van der Waals surface area contributed by atoms with Crippen LogP contribution in [0.2, 0.25) is 10.0 Å². The molecule has 0 bridgehead atoms. The number of fused-ring (bicyclic) bond motifs is 2. The third kappa shape index (κ3) is 4.29. The molecule has 0 radical (unpaired) electrons. The van der Waals surface area contributed by atoms with Crippen LogP contribution < -0.4 is 15.0 Å². The normalized spacial score (nSPS) is 17.0. The number of nitrogens with one attached hydrogen (secondary N) is 1. The van der Waals surface area contributed by atoms with Gasteiger partial charge >= 0.3 is 0 Å². The monoisotopic (exact) mass is 533 g/mol. The fourth-order valence-corrected chi connectivity index (χ4v) is 5.44. The largest absolute Gasteiger partial charge is 0.493 e. The number of carbonyl (C=O) groups excluding carboxylic acids is 1. The lowest BCUT2D eigenvalue weighted by molar-refractivity contribution is 0.0102. The molecule has 6 nitrogen and oxygen atoms in total. The van der Waals surface area contributed by atoms with E-state index < -0.39 is 0 Å². The average Bonchev–Trinajstić information content (AvgIpc) is 2.88. The van der Waals surface area contributed by atoms with Crippen molar-refractivity contribution in [2.24, 2.45) is 0 Å². The first-order valence-electron chi connectivity index (χ1n) is 12.2. The summed E-state index contributed by atoms with van der Waals surface area (Å²) in [6.45, 7) is 1.76. The second kappa shape index (κ2) is 9.86. The number of hydrogen-bond donors (Lipinski definition) is 1. The molecule has 1 aromatic heterocycles. The topological polar surface area (TPSA) is 63.7 Å². The van der Waals surface area contributed by atoms with Gasteiger partial charge in [0, 0.05) is 41.7 Å². The fourth-order valence-electron chi connectivity index (χ4n) is 5.04. The molecule has 3 heterocycles. The van der Waals surface area contributed by atoms with Gasteiger partial charge in [-0.3, -0.25) is 9.78 Å². The van der Waals surface area contributed by atoms with E-state index in [0.717, 1.165) is 39.0 Å². The Kier molecular flexibility index (Phi) is 6.41. The SMILES string of the molecule is CN(c1c(C(=O)N[C@H]2CCOc3ccccc32)cnc2c(-c3cccc(Cl)c3Cl)cccc12)C1COC1. The number of para-hydroxylation sites is 2. The highest BCUT2D eigenvalue weighted by Crippen LogP contribution is 2.40. The molecule has 2 aliphatic rings. The first kappa shape index (κ1) is 24.0. The van der Waals surface area contributed by atoms with Gasteiger partial charge in [0.05, 0.1) is 58.7 Å². The number of likely N-dealkylation sites (N-methyl/N-ethyl adjacent to an activating group) is 1. The van der Waals surface area contributed by atoms with Crippen LogP contribution in [0.25, 0.3) is 22.0 Å². The fraction of sp³-hybridized carbons (Fsp3) is 0.241. The summed E-state index contributed by atoms with van der Waals surface area (Å²) >= 11 is 12.9. The zero-order chi connectivity index (χ0) is 25.5. The molecule has 1 N–H and O–H groups in total. The van der Waals surface area contributed by atoms with Gasteiger partial charge in [0.25, 0.3) is 5.91 Å². The Labute approximate surface area is 225 Å². The summed E-state index contributed by atoms with van der Waals surface area (Å²) in [5, 5.41) is 5.05. The van der Waals surface area contributed by atoms with Crippen LogP contribution in [0.15, 0.2) is 66.9 Å². The molecule has 0 saturated carbocycles. The van der Waals surface area contributed by atoms with Gasteiger partial charge in [-0.25, -0.2) is 0 Å². The van der Waals surface area contributed by atoms with Gasteiger partial charge in [0.15, 0.2) is 0 Å². The van der Waals surface area contributed by atoms with E-state index in [0.29, 0.717) is 41.9 Å². The molecule has 1 atom stereocenters. The number of benzene rings is 3. The van der Waals surface area contributed by atoms with Gasteiger partial charge < -0.3 is 19.7 Å². The van der Waals surface area contributed by atoms with Crippen molar-refractivity contribution in [1.29, 1.82) is 0 Å². The highest BCUT2D eigenvalue weighted by molar-refractivity contribution is 6.44. The molecule has 0 unspecified atom stereocenters. The van der Waals surface area contributed by atoms with Crippen molar-refractivity contribution >= 4 is 45.7 Å². The minimum atomic E-state index is -0.176. The van der Waals surface area contributed by atoms with E-state index in [9.17, 15) is 4.79 Å². The molecule has 1 fully saturated rings. The lowest BCUT2D eigenvalue weighted by atomic mass is 9.97. The van der Waals surface area contributed by atoms with Gasteiger partial charge in [-0.15, -0.1) is 0 Å². The Morgan fingerprint density at radius 3 is 2.62 bits per heavy atom. The van der Waals surface area contributed by atoms with E-state index in [1.807, 2.05) is 61.6 Å². The minimum Gasteiger partial charge on any atom is -0.493 e. The molecule has 8 heteroatoms. The van der Waals surface area contributed by atoms with Crippen LogP contribution in [-0.4, -0.2) is 43.8 Å². The highest BCUT2D eigenvalue weighted by Gasteiger charge is 2.30. The number of nitrogens with zero attached hydrogens (tertiary/aromatic N) is 2. The van der Waals surface area contributed by atoms with Gasteiger partial charge in [0.2, 0.25) is 0 Å². The Hall–Kier alpha value is -3.32. The smallest absolute Gasteiger partial charge is 0.255 e. The quantitative estimate of drug-likeness (QED) is 0.326. The molecule has 188 valence electrons. The highest BCUT2D eigenvalue weighted by atomic mass is 35.5. The summed E-state index contributed by atoms with van der Waals surface area (Å²) in [5.74, 6) is 0.632. The summed E-state index contributed by atoms with van der Waals surface area (Å²) in [5.41, 5.74) is 4.72. The molecule has 6 rings (SSSR count). The number of anilines is 1. The summed E-state index contributed by atoms with van der Waals surface area (Å²) in [6, 6.07) is 19.3. The minimum absolute atomic E-state index is 0.144. The van der Waals surface area contributed by atoms with Crippen LogP contribution >= 0.6 is 23.2 Å². The van der Waals surface area contributed by atoms with E-state index >= 15 is 0 Å². The molecule has 1 saturated heterocycles. The second-order valence-corrected chi connectivity index (χ2v) is 10.1. The Balaban J connectivity index is 1.46. The molecule has 2 aliphatic heterocycles. The predicted molar refractivity (Wildman–Crippen MR) is 147 cm³/mol. The molecule has 0 spiro atoms. The predicted octanol–water partition coefficient (Wildman–Crippen LogP) is 6.30. The van der Waals surface area contributed by atoms with Crippen molar-refractivity contribution < 1.29 is 14.3 Å². The zero-order valence-electron chi connectivity index (χ0n) is 20.2. The maximum atomic E-state index is 13.8. The zero-order valence-corrected chi connectivity index (χ0v) is 21.7. The number of ether oxygens (including phenoxy) is 2. The van der Waals surface area contributed by atoms with Crippen LogP contribution in [0, 0.1) is 0 Å². The van der Waals surface area contributed by atoms with Crippen LogP contribution in [0.4, 0.5) is 5.69 Å².